The van der Waals surface area contributed by atoms with E-state index < -0.39 is 42.0 Å². The summed E-state index contributed by atoms with van der Waals surface area (Å²) in [5.41, 5.74) is 2.82. The Morgan fingerprint density at radius 1 is 0.778 bits per heavy atom. The highest BCUT2D eigenvalue weighted by atomic mass is 35.5. The summed E-state index contributed by atoms with van der Waals surface area (Å²) in [6.45, 7) is 12.0. The topological polar surface area (TPSA) is 80.3 Å². The molecule has 0 fully saturated rings. The second-order valence-corrected chi connectivity index (χ2v) is 19.3. The molecule has 0 bridgehead atoms. The van der Waals surface area contributed by atoms with Crippen molar-refractivity contribution in [3.8, 4) is 0 Å². The average molecular weight is 675 g/mol. The van der Waals surface area contributed by atoms with Crippen LogP contribution in [0.5, 0.6) is 0 Å². The zero-order chi connectivity index (χ0) is 32.8. The Morgan fingerprint density at radius 2 is 1.27 bits per heavy atom. The van der Waals surface area contributed by atoms with Crippen molar-refractivity contribution in [3.05, 3.63) is 120 Å². The summed E-state index contributed by atoms with van der Waals surface area (Å²) in [6.07, 6.45) is 1.12. The molecule has 45 heavy (non-hydrogen) atoms. The fourth-order valence-electron chi connectivity index (χ4n) is 4.13. The number of halogens is 1. The largest absolute Gasteiger partial charge is 0.413 e. The quantitative estimate of drug-likeness (QED) is 0.0554. The number of benzene rings is 3. The predicted molar refractivity (Wildman–Crippen MR) is 183 cm³/mol. The molecule has 3 aromatic rings. The van der Waals surface area contributed by atoms with Crippen molar-refractivity contribution in [1.29, 1.82) is 0 Å². The Kier molecular flexibility index (Phi) is 14.9. The first kappa shape index (κ1) is 37.1. The van der Waals surface area contributed by atoms with Gasteiger partial charge in [0.2, 0.25) is 0 Å². The highest BCUT2D eigenvalue weighted by Gasteiger charge is 2.37. The fraction of sp³-hybridized carbons (Fsp3) is 0.429. The van der Waals surface area contributed by atoms with Gasteiger partial charge in [-0.1, -0.05) is 124 Å². The SMILES string of the molecule is CC(C)(C)[Si](C)(C)OC/C=C/[C@@H](OCc1ccccc1)[C@@H](OCc1ccccc1)[C@@H](COCc1ccccc1)OS(=O)(=O)CCl. The number of ether oxygens (including phenoxy) is 3. The number of hydrogen-bond acceptors (Lipinski definition) is 7. The van der Waals surface area contributed by atoms with Crippen LogP contribution in [0.4, 0.5) is 0 Å². The lowest BCUT2D eigenvalue weighted by Gasteiger charge is -2.36. The summed E-state index contributed by atoms with van der Waals surface area (Å²) in [7, 11) is -6.10. The molecule has 0 aliphatic carbocycles. The van der Waals surface area contributed by atoms with Gasteiger partial charge in [0.15, 0.2) is 8.32 Å². The van der Waals surface area contributed by atoms with Gasteiger partial charge in [0.25, 0.3) is 10.1 Å². The Morgan fingerprint density at radius 3 is 1.76 bits per heavy atom. The van der Waals surface area contributed by atoms with E-state index in [1.165, 1.54) is 0 Å². The Balaban J connectivity index is 1.94. The van der Waals surface area contributed by atoms with E-state index in [9.17, 15) is 8.42 Å². The van der Waals surface area contributed by atoms with Crippen LogP contribution in [-0.2, 0) is 52.8 Å². The first-order valence-electron chi connectivity index (χ1n) is 15.1. The molecule has 0 heterocycles. The Hall–Kier alpha value is -2.34. The van der Waals surface area contributed by atoms with Crippen LogP contribution in [0.15, 0.2) is 103 Å². The summed E-state index contributed by atoms with van der Waals surface area (Å²) in [5, 5.41) is -0.657. The highest BCUT2D eigenvalue weighted by molar-refractivity contribution is 7.87. The molecule has 0 saturated heterocycles. The van der Waals surface area contributed by atoms with Crippen LogP contribution < -0.4 is 0 Å². The molecule has 7 nitrogen and oxygen atoms in total. The summed E-state index contributed by atoms with van der Waals surface area (Å²) in [4.78, 5) is 0. The lowest BCUT2D eigenvalue weighted by atomic mass is 10.1. The number of rotatable bonds is 19. The van der Waals surface area contributed by atoms with Crippen LogP contribution in [0.25, 0.3) is 0 Å². The van der Waals surface area contributed by atoms with E-state index in [1.54, 1.807) is 0 Å². The third-order valence-corrected chi connectivity index (χ3v) is 13.8. The van der Waals surface area contributed by atoms with Crippen molar-refractivity contribution in [2.45, 2.75) is 77.0 Å². The van der Waals surface area contributed by atoms with E-state index in [2.05, 4.69) is 33.9 Å². The maximum absolute atomic E-state index is 12.7. The second kappa shape index (κ2) is 18.1. The molecule has 0 aliphatic heterocycles. The van der Waals surface area contributed by atoms with Crippen LogP contribution >= 0.6 is 11.6 Å². The van der Waals surface area contributed by atoms with Crippen molar-refractivity contribution in [1.82, 2.24) is 0 Å². The maximum atomic E-state index is 12.7. The van der Waals surface area contributed by atoms with E-state index >= 15 is 0 Å². The van der Waals surface area contributed by atoms with Crippen molar-refractivity contribution < 1.29 is 31.2 Å². The molecule has 0 N–H and O–H groups in total. The molecule has 0 radical (unpaired) electrons. The van der Waals surface area contributed by atoms with Gasteiger partial charge in [0, 0.05) is 0 Å². The molecule has 0 spiro atoms. The minimum atomic E-state index is -4.10. The van der Waals surface area contributed by atoms with Crippen molar-refractivity contribution in [2.24, 2.45) is 0 Å². The van der Waals surface area contributed by atoms with Crippen LogP contribution in [0.2, 0.25) is 18.1 Å². The normalized spacial score (nSPS) is 14.8. The molecule has 3 atom stereocenters. The highest BCUT2D eigenvalue weighted by Crippen LogP contribution is 2.36. The molecule has 10 heteroatoms. The second-order valence-electron chi connectivity index (χ2n) is 12.3. The minimum Gasteiger partial charge on any atom is -0.413 e. The molecule has 246 valence electrons. The molecule has 0 aliphatic rings. The summed E-state index contributed by atoms with van der Waals surface area (Å²) in [6, 6.07) is 29.0. The Bertz CT molecular complexity index is 1380. The van der Waals surface area contributed by atoms with Crippen molar-refractivity contribution in [2.75, 3.05) is 18.4 Å². The van der Waals surface area contributed by atoms with E-state index in [4.69, 9.17) is 34.4 Å². The first-order valence-corrected chi connectivity index (χ1v) is 20.1. The molecule has 0 saturated carbocycles. The van der Waals surface area contributed by atoms with Gasteiger partial charge in [-0.25, -0.2) is 0 Å². The molecule has 0 amide bonds. The van der Waals surface area contributed by atoms with E-state index in [1.807, 2.05) is 103 Å². The molecule has 3 rings (SSSR count). The van der Waals surface area contributed by atoms with Gasteiger partial charge in [0.1, 0.15) is 23.5 Å². The molecule has 0 aromatic heterocycles. The average Bonchev–Trinajstić information content (AvgIpc) is 3.02. The van der Waals surface area contributed by atoms with Crippen LogP contribution in [-0.4, -0.2) is 53.5 Å². The number of alkyl halides is 1. The summed E-state index contributed by atoms with van der Waals surface area (Å²) < 4.78 is 56.5. The van der Waals surface area contributed by atoms with E-state index in [0.29, 0.717) is 6.61 Å². The van der Waals surface area contributed by atoms with E-state index in [0.717, 1.165) is 16.7 Å². The van der Waals surface area contributed by atoms with Gasteiger partial charge in [-0.15, -0.1) is 11.6 Å². The van der Waals surface area contributed by atoms with E-state index in [-0.39, 0.29) is 31.5 Å². The lowest BCUT2D eigenvalue weighted by Crippen LogP contribution is -2.45. The smallest absolute Gasteiger partial charge is 0.281 e. The van der Waals surface area contributed by atoms with Gasteiger partial charge in [-0.05, 0) is 34.8 Å². The third kappa shape index (κ3) is 13.1. The standard InChI is InChI=1S/C35H47ClO7SSi/c1-35(2,3)45(4,5)42-23-15-22-32(40-25-30-18-11-7-12-19-30)34(41-26-31-20-13-8-14-21-31)33(43-44(37,38)28-36)27-39-24-29-16-9-6-10-17-29/h6-22,32-34H,23-28H2,1-5H3/b22-15+/t32-,33-,34-/m1/s1. The predicted octanol–water partition coefficient (Wildman–Crippen LogP) is 7.86. The zero-order valence-corrected chi connectivity index (χ0v) is 29.5. The molecule has 0 unspecified atom stereocenters. The minimum absolute atomic E-state index is 0.0519. The first-order chi connectivity index (χ1) is 21.4. The zero-order valence-electron chi connectivity index (χ0n) is 26.9. The van der Waals surface area contributed by atoms with Crippen LogP contribution in [0, 0.1) is 0 Å². The number of hydrogen-bond donors (Lipinski definition) is 0. The van der Waals surface area contributed by atoms with Crippen molar-refractivity contribution >= 4 is 30.0 Å². The molecule has 3 aromatic carbocycles. The summed E-state index contributed by atoms with van der Waals surface area (Å²) in [5.74, 6) is 0. The molecular weight excluding hydrogens is 628 g/mol. The monoisotopic (exact) mass is 674 g/mol. The van der Waals surface area contributed by atoms with Gasteiger partial charge in [0.05, 0.1) is 33.0 Å². The van der Waals surface area contributed by atoms with Gasteiger partial charge >= 0.3 is 0 Å². The molecular formula is C35H47ClO7SSi. The van der Waals surface area contributed by atoms with Gasteiger partial charge in [-0.2, -0.15) is 8.42 Å². The Labute approximate surface area is 275 Å². The maximum Gasteiger partial charge on any atom is 0.281 e. The van der Waals surface area contributed by atoms with Crippen LogP contribution in [0.3, 0.4) is 0 Å². The third-order valence-electron chi connectivity index (χ3n) is 7.73. The fourth-order valence-corrected chi connectivity index (χ4v) is 5.82. The van der Waals surface area contributed by atoms with Crippen LogP contribution in [0.1, 0.15) is 37.5 Å². The lowest BCUT2D eigenvalue weighted by molar-refractivity contribution is -0.124. The van der Waals surface area contributed by atoms with Crippen molar-refractivity contribution in [3.63, 3.8) is 0 Å². The van der Waals surface area contributed by atoms with Gasteiger partial charge < -0.3 is 18.6 Å². The van der Waals surface area contributed by atoms with Gasteiger partial charge in [-0.3, -0.25) is 4.18 Å². The summed E-state index contributed by atoms with van der Waals surface area (Å²) >= 11 is 5.79.